The Morgan fingerprint density at radius 3 is 2.38 bits per heavy atom. The molecule has 0 aromatic carbocycles. The molecule has 0 aliphatic carbocycles. The topological polar surface area (TPSA) is 61.3 Å². The predicted molar refractivity (Wildman–Crippen MR) is 60.1 cm³/mol. The van der Waals surface area contributed by atoms with E-state index in [1.54, 1.807) is 6.92 Å². The lowest BCUT2D eigenvalue weighted by Crippen LogP contribution is -2.25. The van der Waals surface area contributed by atoms with Gasteiger partial charge in [-0.3, -0.25) is 0 Å². The van der Waals surface area contributed by atoms with Crippen LogP contribution in [0.2, 0.25) is 12.1 Å². The Morgan fingerprint density at radius 1 is 1.38 bits per heavy atom. The molecular weight excluding hydrogens is 180 g/mol. The van der Waals surface area contributed by atoms with Gasteiger partial charge in [0.05, 0.1) is 0 Å². The van der Waals surface area contributed by atoms with Gasteiger partial charge in [0.1, 0.15) is 0 Å². The van der Waals surface area contributed by atoms with Crippen molar-refractivity contribution in [2.45, 2.75) is 51.4 Å². The molecule has 1 saturated heterocycles. The van der Waals surface area contributed by atoms with Gasteiger partial charge in [-0.15, -0.1) is 0 Å². The Hall–Kier alpha value is 0.0969. The zero-order chi connectivity index (χ0) is 10.1. The predicted octanol–water partition coefficient (Wildman–Crippen LogP) is 1.18. The van der Waals surface area contributed by atoms with E-state index in [0.717, 1.165) is 6.61 Å². The highest BCUT2D eigenvalue weighted by Gasteiger charge is 2.13. The summed E-state index contributed by atoms with van der Waals surface area (Å²) < 4.78 is 5.66. The summed E-state index contributed by atoms with van der Waals surface area (Å²) in [5.74, 6) is 0. The van der Waals surface area contributed by atoms with Crippen molar-refractivity contribution in [3.63, 3.8) is 0 Å². The van der Waals surface area contributed by atoms with Gasteiger partial charge >= 0.3 is 0 Å². The normalized spacial score (nSPS) is 22.4. The second-order valence-corrected chi connectivity index (χ2v) is 6.37. The molecule has 1 fully saturated rings. The summed E-state index contributed by atoms with van der Waals surface area (Å²) >= 11 is 0. The molecule has 1 atom stereocenters. The van der Waals surface area contributed by atoms with Crippen molar-refractivity contribution in [3.8, 4) is 0 Å². The maximum absolute atomic E-state index is 5.66. The first-order chi connectivity index (χ1) is 6.16. The first-order valence-electron chi connectivity index (χ1n) is 5.29. The average molecular weight is 204 g/mol. The van der Waals surface area contributed by atoms with E-state index in [2.05, 4.69) is 6.92 Å². The van der Waals surface area contributed by atoms with Crippen molar-refractivity contribution in [1.29, 1.82) is 0 Å². The summed E-state index contributed by atoms with van der Waals surface area (Å²) in [6, 6.07) is 2.84. The molecule has 0 bridgehead atoms. The number of hydrogen-bond donors (Lipinski definition) is 2. The Kier molecular flexibility index (Phi) is 8.75. The van der Waals surface area contributed by atoms with Crippen molar-refractivity contribution in [1.82, 2.24) is 0 Å². The fourth-order valence-electron chi connectivity index (χ4n) is 1.36. The zero-order valence-electron chi connectivity index (χ0n) is 8.96. The maximum Gasteiger partial charge on any atom is 0.176 e. The SMILES string of the molecule is CC(N)N.CCC[SiH]1CCCCO1. The van der Waals surface area contributed by atoms with Gasteiger partial charge in [0.2, 0.25) is 0 Å². The molecule has 0 radical (unpaired) electrons. The van der Waals surface area contributed by atoms with E-state index in [1.165, 1.54) is 31.4 Å². The third kappa shape index (κ3) is 10.0. The van der Waals surface area contributed by atoms with Crippen molar-refractivity contribution in [2.75, 3.05) is 6.61 Å². The van der Waals surface area contributed by atoms with Crippen LogP contribution in [0.25, 0.3) is 0 Å². The van der Waals surface area contributed by atoms with Crippen LogP contribution in [0.1, 0.15) is 33.1 Å². The summed E-state index contributed by atoms with van der Waals surface area (Å²) in [4.78, 5) is 0. The summed E-state index contributed by atoms with van der Waals surface area (Å²) in [6.07, 6.45) is 3.92. The van der Waals surface area contributed by atoms with E-state index in [9.17, 15) is 0 Å². The molecule has 1 aliphatic heterocycles. The van der Waals surface area contributed by atoms with Gasteiger partial charge in [-0.05, 0) is 25.4 Å². The van der Waals surface area contributed by atoms with Gasteiger partial charge in [0.15, 0.2) is 9.04 Å². The van der Waals surface area contributed by atoms with Crippen LogP contribution in [0.3, 0.4) is 0 Å². The Balaban J connectivity index is 0.000000310. The minimum absolute atomic E-state index is 0.167. The van der Waals surface area contributed by atoms with E-state index in [1.807, 2.05) is 0 Å². The summed E-state index contributed by atoms with van der Waals surface area (Å²) in [5, 5.41) is 0. The molecule has 0 spiro atoms. The van der Waals surface area contributed by atoms with Crippen LogP contribution >= 0.6 is 0 Å². The van der Waals surface area contributed by atoms with Crippen molar-refractivity contribution >= 4 is 9.04 Å². The second kappa shape index (κ2) is 8.68. The molecule has 1 heterocycles. The number of rotatable bonds is 2. The Bertz CT molecular complexity index is 100. The van der Waals surface area contributed by atoms with Gasteiger partial charge in [-0.1, -0.05) is 19.8 Å². The van der Waals surface area contributed by atoms with Crippen LogP contribution in [0, 0.1) is 0 Å². The standard InChI is InChI=1S/C7H16OSi.C2H8N2/c1-2-6-9-7-4-3-5-8-9;1-2(3)4/h9H,2-7H2,1H3;2H,3-4H2,1H3. The highest BCUT2D eigenvalue weighted by atomic mass is 28.3. The van der Waals surface area contributed by atoms with Gasteiger partial charge in [0.25, 0.3) is 0 Å². The third-order valence-electron chi connectivity index (χ3n) is 1.88. The van der Waals surface area contributed by atoms with E-state index in [-0.39, 0.29) is 6.17 Å². The molecule has 4 heteroatoms. The molecule has 1 unspecified atom stereocenters. The lowest BCUT2D eigenvalue weighted by atomic mass is 10.4. The average Bonchev–Trinajstić information content (AvgIpc) is 2.06. The number of hydrogen-bond acceptors (Lipinski definition) is 3. The molecular formula is C9H24N2OSi. The largest absolute Gasteiger partial charge is 0.420 e. The van der Waals surface area contributed by atoms with Crippen molar-refractivity contribution in [2.24, 2.45) is 11.5 Å². The van der Waals surface area contributed by atoms with Crippen LogP contribution in [0.15, 0.2) is 0 Å². The van der Waals surface area contributed by atoms with Gasteiger partial charge in [0, 0.05) is 12.8 Å². The monoisotopic (exact) mass is 204 g/mol. The lowest BCUT2D eigenvalue weighted by Gasteiger charge is -2.19. The van der Waals surface area contributed by atoms with E-state index < -0.39 is 9.04 Å². The van der Waals surface area contributed by atoms with Crippen LogP contribution < -0.4 is 11.5 Å². The summed E-state index contributed by atoms with van der Waals surface area (Å²) in [7, 11) is -0.626. The zero-order valence-corrected chi connectivity index (χ0v) is 10.1. The van der Waals surface area contributed by atoms with Crippen LogP contribution in [-0.2, 0) is 4.43 Å². The highest BCUT2D eigenvalue weighted by Crippen LogP contribution is 2.14. The Labute approximate surface area is 83.6 Å². The molecule has 3 nitrogen and oxygen atoms in total. The molecule has 1 aliphatic rings. The smallest absolute Gasteiger partial charge is 0.176 e. The quantitative estimate of drug-likeness (QED) is 0.524. The molecule has 0 amide bonds. The first kappa shape index (κ1) is 13.1. The Morgan fingerprint density at radius 2 is 2.00 bits per heavy atom. The third-order valence-corrected chi connectivity index (χ3v) is 4.87. The molecule has 0 aromatic rings. The second-order valence-electron chi connectivity index (χ2n) is 3.64. The maximum atomic E-state index is 5.66. The molecule has 1 rings (SSSR count). The van der Waals surface area contributed by atoms with Crippen molar-refractivity contribution in [3.05, 3.63) is 0 Å². The first-order valence-corrected chi connectivity index (χ1v) is 7.40. The lowest BCUT2D eigenvalue weighted by molar-refractivity contribution is 0.286. The minimum atomic E-state index is -0.626. The van der Waals surface area contributed by atoms with Gasteiger partial charge in [-0.2, -0.15) is 0 Å². The van der Waals surface area contributed by atoms with E-state index >= 15 is 0 Å². The molecule has 0 aromatic heterocycles. The van der Waals surface area contributed by atoms with Crippen molar-refractivity contribution < 1.29 is 4.43 Å². The minimum Gasteiger partial charge on any atom is -0.420 e. The van der Waals surface area contributed by atoms with Gasteiger partial charge in [-0.25, -0.2) is 0 Å². The van der Waals surface area contributed by atoms with Gasteiger partial charge < -0.3 is 15.9 Å². The van der Waals surface area contributed by atoms with Crippen LogP contribution in [0.4, 0.5) is 0 Å². The highest BCUT2D eigenvalue weighted by molar-refractivity contribution is 6.51. The number of nitrogens with two attached hydrogens (primary N) is 2. The van der Waals surface area contributed by atoms with Crippen LogP contribution in [0.5, 0.6) is 0 Å². The van der Waals surface area contributed by atoms with Crippen LogP contribution in [-0.4, -0.2) is 21.8 Å². The molecule has 0 saturated carbocycles. The molecule has 80 valence electrons. The fourth-order valence-corrected chi connectivity index (χ4v) is 3.87. The summed E-state index contributed by atoms with van der Waals surface area (Å²) in [5.41, 5.74) is 9.78. The van der Waals surface area contributed by atoms with E-state index in [4.69, 9.17) is 15.9 Å². The van der Waals surface area contributed by atoms with E-state index in [0.29, 0.717) is 0 Å². The summed E-state index contributed by atoms with van der Waals surface area (Å²) in [6.45, 7) is 5.04. The molecule has 4 N–H and O–H groups in total. The molecule has 13 heavy (non-hydrogen) atoms. The fraction of sp³-hybridized carbons (Fsp3) is 1.00.